The molecule has 0 aliphatic rings. The third kappa shape index (κ3) is 2.70. The highest BCUT2D eigenvalue weighted by Gasteiger charge is 2.27. The standard InChI is InChI=1S/C16H25N3O2/c1-7-8-19-16(13(20-6)9-18-19)15(17-5)14-10(2)11(3)21-12(14)4/h9,15,17H,7-8H2,1-6H3. The van der Waals surface area contributed by atoms with Crippen molar-refractivity contribution in [2.45, 2.75) is 46.7 Å². The zero-order chi connectivity index (χ0) is 15.6. The Labute approximate surface area is 126 Å². The number of nitrogens with zero attached hydrogens (tertiary/aromatic N) is 2. The molecular formula is C16H25N3O2. The minimum atomic E-state index is 0.00597. The van der Waals surface area contributed by atoms with Crippen LogP contribution in [0.15, 0.2) is 10.6 Å². The van der Waals surface area contributed by atoms with Crippen LogP contribution >= 0.6 is 0 Å². The fraction of sp³-hybridized carbons (Fsp3) is 0.562. The normalized spacial score (nSPS) is 12.7. The molecule has 0 amide bonds. The molecule has 116 valence electrons. The van der Waals surface area contributed by atoms with Gasteiger partial charge in [-0.25, -0.2) is 0 Å². The summed E-state index contributed by atoms with van der Waals surface area (Å²) >= 11 is 0. The number of methoxy groups -OCH3 is 1. The number of aryl methyl sites for hydroxylation is 3. The van der Waals surface area contributed by atoms with Crippen molar-refractivity contribution in [3.05, 3.63) is 34.5 Å². The third-order valence-corrected chi connectivity index (χ3v) is 3.97. The minimum absolute atomic E-state index is 0.00597. The lowest BCUT2D eigenvalue weighted by atomic mass is 9.99. The molecule has 0 aliphatic carbocycles. The van der Waals surface area contributed by atoms with E-state index in [4.69, 9.17) is 9.15 Å². The first-order chi connectivity index (χ1) is 10.0. The molecule has 21 heavy (non-hydrogen) atoms. The van der Waals surface area contributed by atoms with Gasteiger partial charge in [0.05, 0.1) is 19.3 Å². The van der Waals surface area contributed by atoms with Gasteiger partial charge in [0, 0.05) is 12.1 Å². The van der Waals surface area contributed by atoms with Gasteiger partial charge in [-0.3, -0.25) is 4.68 Å². The highest BCUT2D eigenvalue weighted by atomic mass is 16.5. The number of hydrogen-bond donors (Lipinski definition) is 1. The minimum Gasteiger partial charge on any atom is -0.493 e. The summed E-state index contributed by atoms with van der Waals surface area (Å²) < 4.78 is 13.3. The molecule has 0 saturated heterocycles. The molecule has 2 aromatic heterocycles. The Bertz CT molecular complexity index is 613. The summed E-state index contributed by atoms with van der Waals surface area (Å²) in [6, 6.07) is 0.00597. The van der Waals surface area contributed by atoms with Crippen molar-refractivity contribution in [2.24, 2.45) is 0 Å². The number of furan rings is 1. The van der Waals surface area contributed by atoms with Crippen LogP contribution in [0.4, 0.5) is 0 Å². The van der Waals surface area contributed by atoms with Gasteiger partial charge in [0.15, 0.2) is 5.75 Å². The lowest BCUT2D eigenvalue weighted by Crippen LogP contribution is -2.23. The summed E-state index contributed by atoms with van der Waals surface area (Å²) in [7, 11) is 3.64. The Kier molecular flexibility index (Phi) is 4.73. The number of rotatable bonds is 6. The molecule has 0 aliphatic heterocycles. The average molecular weight is 291 g/mol. The van der Waals surface area contributed by atoms with Gasteiger partial charge in [0.25, 0.3) is 0 Å². The van der Waals surface area contributed by atoms with Crippen molar-refractivity contribution in [2.75, 3.05) is 14.2 Å². The van der Waals surface area contributed by atoms with E-state index in [0.717, 1.165) is 35.9 Å². The van der Waals surface area contributed by atoms with E-state index in [1.54, 1.807) is 13.3 Å². The second kappa shape index (κ2) is 6.35. The van der Waals surface area contributed by atoms with Crippen LogP contribution in [0.1, 0.15) is 47.7 Å². The number of ether oxygens (including phenoxy) is 1. The van der Waals surface area contributed by atoms with Gasteiger partial charge in [-0.05, 0) is 39.8 Å². The van der Waals surface area contributed by atoms with Gasteiger partial charge in [-0.15, -0.1) is 0 Å². The van der Waals surface area contributed by atoms with Crippen molar-refractivity contribution in [3.63, 3.8) is 0 Å². The van der Waals surface area contributed by atoms with Gasteiger partial charge < -0.3 is 14.5 Å². The fourth-order valence-corrected chi connectivity index (χ4v) is 2.87. The lowest BCUT2D eigenvalue weighted by molar-refractivity contribution is 0.399. The molecule has 0 saturated carbocycles. The molecule has 1 N–H and O–H groups in total. The summed E-state index contributed by atoms with van der Waals surface area (Å²) in [4.78, 5) is 0. The maximum atomic E-state index is 5.79. The topological polar surface area (TPSA) is 52.2 Å². The maximum absolute atomic E-state index is 5.79. The van der Waals surface area contributed by atoms with Crippen molar-refractivity contribution in [3.8, 4) is 5.75 Å². The third-order valence-electron chi connectivity index (χ3n) is 3.97. The molecule has 2 rings (SSSR count). The smallest absolute Gasteiger partial charge is 0.161 e. The first-order valence-electron chi connectivity index (χ1n) is 7.38. The van der Waals surface area contributed by atoms with Crippen LogP contribution in [0.5, 0.6) is 5.75 Å². The zero-order valence-corrected chi connectivity index (χ0v) is 13.8. The largest absolute Gasteiger partial charge is 0.493 e. The second-order valence-electron chi connectivity index (χ2n) is 5.30. The first kappa shape index (κ1) is 15.6. The molecule has 0 bridgehead atoms. The monoisotopic (exact) mass is 291 g/mol. The van der Waals surface area contributed by atoms with Gasteiger partial charge in [-0.2, -0.15) is 5.10 Å². The molecule has 1 unspecified atom stereocenters. The van der Waals surface area contributed by atoms with E-state index >= 15 is 0 Å². The highest BCUT2D eigenvalue weighted by Crippen LogP contribution is 2.35. The van der Waals surface area contributed by atoms with Crippen LogP contribution in [0.25, 0.3) is 0 Å². The lowest BCUT2D eigenvalue weighted by Gasteiger charge is -2.20. The Hall–Kier alpha value is -1.75. The SMILES string of the molecule is CCCn1ncc(OC)c1C(NC)c1c(C)oc(C)c1C. The van der Waals surface area contributed by atoms with Gasteiger partial charge >= 0.3 is 0 Å². The van der Waals surface area contributed by atoms with E-state index in [1.165, 1.54) is 11.1 Å². The van der Waals surface area contributed by atoms with E-state index < -0.39 is 0 Å². The first-order valence-corrected chi connectivity index (χ1v) is 7.38. The van der Waals surface area contributed by atoms with E-state index in [9.17, 15) is 0 Å². The molecule has 0 radical (unpaired) electrons. The predicted octanol–water partition coefficient (Wildman–Crippen LogP) is 3.13. The predicted molar refractivity (Wildman–Crippen MR) is 82.9 cm³/mol. The summed E-state index contributed by atoms with van der Waals surface area (Å²) in [5.41, 5.74) is 3.40. The van der Waals surface area contributed by atoms with Gasteiger partial charge in [0.2, 0.25) is 0 Å². The Morgan fingerprint density at radius 2 is 2.05 bits per heavy atom. The molecule has 5 heteroatoms. The molecular weight excluding hydrogens is 266 g/mol. The van der Waals surface area contributed by atoms with Crippen molar-refractivity contribution >= 4 is 0 Å². The molecule has 0 aromatic carbocycles. The van der Waals surface area contributed by atoms with Crippen LogP contribution in [0, 0.1) is 20.8 Å². The van der Waals surface area contributed by atoms with Gasteiger partial charge in [-0.1, -0.05) is 6.92 Å². The molecule has 1 atom stereocenters. The number of aromatic nitrogens is 2. The van der Waals surface area contributed by atoms with Crippen molar-refractivity contribution < 1.29 is 9.15 Å². The van der Waals surface area contributed by atoms with Crippen LogP contribution in [0.2, 0.25) is 0 Å². The summed E-state index contributed by atoms with van der Waals surface area (Å²) in [6.07, 6.45) is 2.81. The van der Waals surface area contributed by atoms with E-state index in [2.05, 4.69) is 24.3 Å². The molecule has 5 nitrogen and oxygen atoms in total. The molecule has 0 fully saturated rings. The van der Waals surface area contributed by atoms with E-state index in [0.29, 0.717) is 0 Å². The fourth-order valence-electron chi connectivity index (χ4n) is 2.87. The molecule has 2 aromatic rings. The van der Waals surface area contributed by atoms with Gasteiger partial charge in [0.1, 0.15) is 17.2 Å². The summed E-state index contributed by atoms with van der Waals surface area (Å²) in [5, 5.41) is 7.85. The van der Waals surface area contributed by atoms with Crippen LogP contribution in [-0.4, -0.2) is 23.9 Å². The van der Waals surface area contributed by atoms with Crippen LogP contribution in [-0.2, 0) is 6.54 Å². The van der Waals surface area contributed by atoms with E-state index in [-0.39, 0.29) is 6.04 Å². The highest BCUT2D eigenvalue weighted by molar-refractivity contribution is 5.42. The van der Waals surface area contributed by atoms with Crippen LogP contribution < -0.4 is 10.1 Å². The summed E-state index contributed by atoms with van der Waals surface area (Å²) in [5.74, 6) is 2.71. The van der Waals surface area contributed by atoms with E-state index in [1.807, 2.05) is 25.6 Å². The van der Waals surface area contributed by atoms with Crippen molar-refractivity contribution in [1.29, 1.82) is 0 Å². The second-order valence-corrected chi connectivity index (χ2v) is 5.30. The Morgan fingerprint density at radius 3 is 2.52 bits per heavy atom. The van der Waals surface area contributed by atoms with Crippen molar-refractivity contribution in [1.82, 2.24) is 15.1 Å². The maximum Gasteiger partial charge on any atom is 0.161 e. The Morgan fingerprint density at radius 1 is 1.33 bits per heavy atom. The quantitative estimate of drug-likeness (QED) is 0.888. The zero-order valence-electron chi connectivity index (χ0n) is 13.8. The molecule has 0 spiro atoms. The average Bonchev–Trinajstić information content (AvgIpc) is 2.96. The number of nitrogens with one attached hydrogen (secondary N) is 1. The summed E-state index contributed by atoms with van der Waals surface area (Å²) in [6.45, 7) is 9.11. The molecule has 2 heterocycles. The number of hydrogen-bond acceptors (Lipinski definition) is 4. The van der Waals surface area contributed by atoms with Crippen LogP contribution in [0.3, 0.4) is 0 Å². The Balaban J connectivity index is 2.58.